The molecular formula is C13H13BrFN3O. The number of nitriles is 1. The number of piperidine rings is 1. The van der Waals surface area contributed by atoms with E-state index in [1.807, 2.05) is 11.0 Å². The highest BCUT2D eigenvalue weighted by Crippen LogP contribution is 2.31. The number of amides is 1. The molecule has 1 fully saturated rings. The standard InChI is InChI=1S/C13H13BrFN3O/c14-11-9(7-16)1-2-10(12(11)15)18-5-3-8(4-6-18)13(17)19/h1-2,8H,3-6H2,(H2,17,19). The zero-order valence-corrected chi connectivity index (χ0v) is 11.8. The average Bonchev–Trinajstić information content (AvgIpc) is 2.42. The summed E-state index contributed by atoms with van der Waals surface area (Å²) in [6, 6.07) is 5.11. The van der Waals surface area contributed by atoms with Crippen molar-refractivity contribution in [2.24, 2.45) is 11.7 Å². The van der Waals surface area contributed by atoms with Crippen LogP contribution in [0.2, 0.25) is 0 Å². The van der Waals surface area contributed by atoms with Crippen molar-refractivity contribution in [3.8, 4) is 6.07 Å². The molecule has 19 heavy (non-hydrogen) atoms. The van der Waals surface area contributed by atoms with Crippen molar-refractivity contribution in [1.29, 1.82) is 5.26 Å². The van der Waals surface area contributed by atoms with Crippen LogP contribution in [0.1, 0.15) is 18.4 Å². The van der Waals surface area contributed by atoms with Crippen LogP contribution in [-0.2, 0) is 4.79 Å². The Kier molecular flexibility index (Phi) is 4.05. The molecule has 4 nitrogen and oxygen atoms in total. The van der Waals surface area contributed by atoms with Crippen LogP contribution >= 0.6 is 15.9 Å². The largest absolute Gasteiger partial charge is 0.369 e. The third kappa shape index (κ3) is 2.71. The SMILES string of the molecule is N#Cc1ccc(N2CCC(C(N)=O)CC2)c(F)c1Br. The Bertz CT molecular complexity index is 548. The van der Waals surface area contributed by atoms with Crippen molar-refractivity contribution in [3.63, 3.8) is 0 Å². The van der Waals surface area contributed by atoms with E-state index in [0.29, 0.717) is 31.6 Å². The molecule has 0 saturated carbocycles. The third-order valence-electron chi connectivity index (χ3n) is 3.42. The second-order valence-corrected chi connectivity index (χ2v) is 5.33. The quantitative estimate of drug-likeness (QED) is 0.905. The summed E-state index contributed by atoms with van der Waals surface area (Å²) in [7, 11) is 0. The predicted octanol–water partition coefficient (Wildman–Crippen LogP) is 2.16. The Balaban J connectivity index is 2.19. The fourth-order valence-electron chi connectivity index (χ4n) is 2.27. The normalized spacial score (nSPS) is 16.2. The molecule has 0 aromatic heterocycles. The number of nitrogens with zero attached hydrogens (tertiary/aromatic N) is 2. The predicted molar refractivity (Wildman–Crippen MR) is 72.9 cm³/mol. The van der Waals surface area contributed by atoms with Gasteiger partial charge in [-0.3, -0.25) is 4.79 Å². The maximum absolute atomic E-state index is 14.2. The van der Waals surface area contributed by atoms with Crippen LogP contribution in [0.25, 0.3) is 0 Å². The number of carbonyl (C=O) groups excluding carboxylic acids is 1. The summed E-state index contributed by atoms with van der Waals surface area (Å²) in [5.41, 5.74) is 5.99. The van der Waals surface area contributed by atoms with Crippen molar-refractivity contribution in [2.45, 2.75) is 12.8 Å². The third-order valence-corrected chi connectivity index (χ3v) is 4.20. The first kappa shape index (κ1) is 13.8. The van der Waals surface area contributed by atoms with Crippen LogP contribution in [0.4, 0.5) is 10.1 Å². The number of halogens is 2. The lowest BCUT2D eigenvalue weighted by Gasteiger charge is -2.32. The number of anilines is 1. The number of carbonyl (C=O) groups is 1. The number of hydrogen-bond donors (Lipinski definition) is 1. The first-order valence-electron chi connectivity index (χ1n) is 5.97. The van der Waals surface area contributed by atoms with E-state index >= 15 is 0 Å². The van der Waals surface area contributed by atoms with Gasteiger partial charge in [-0.1, -0.05) is 0 Å². The van der Waals surface area contributed by atoms with Crippen molar-refractivity contribution in [3.05, 3.63) is 28.0 Å². The summed E-state index contributed by atoms with van der Waals surface area (Å²) < 4.78 is 14.3. The Morgan fingerprint density at radius 3 is 2.63 bits per heavy atom. The van der Waals surface area contributed by atoms with Gasteiger partial charge in [0, 0.05) is 19.0 Å². The minimum Gasteiger partial charge on any atom is -0.369 e. The lowest BCUT2D eigenvalue weighted by molar-refractivity contribution is -0.122. The summed E-state index contributed by atoms with van der Waals surface area (Å²) in [5, 5.41) is 8.83. The van der Waals surface area contributed by atoms with Gasteiger partial charge in [0.25, 0.3) is 0 Å². The monoisotopic (exact) mass is 325 g/mol. The minimum absolute atomic E-state index is 0.124. The number of rotatable bonds is 2. The molecule has 1 aromatic rings. The van der Waals surface area contributed by atoms with E-state index in [0.717, 1.165) is 0 Å². The van der Waals surface area contributed by atoms with Crippen LogP contribution < -0.4 is 10.6 Å². The molecule has 1 aromatic carbocycles. The lowest BCUT2D eigenvalue weighted by Crippen LogP contribution is -2.38. The van der Waals surface area contributed by atoms with Crippen LogP contribution in [-0.4, -0.2) is 19.0 Å². The van der Waals surface area contributed by atoms with Gasteiger partial charge in [0.05, 0.1) is 15.7 Å². The fraction of sp³-hybridized carbons (Fsp3) is 0.385. The van der Waals surface area contributed by atoms with Crippen molar-refractivity contribution in [2.75, 3.05) is 18.0 Å². The van der Waals surface area contributed by atoms with E-state index in [1.165, 1.54) is 0 Å². The summed E-state index contributed by atoms with van der Waals surface area (Å²) >= 11 is 3.09. The average molecular weight is 326 g/mol. The Hall–Kier alpha value is -1.61. The summed E-state index contributed by atoms with van der Waals surface area (Å²) in [6.45, 7) is 1.17. The number of benzene rings is 1. The molecule has 0 radical (unpaired) electrons. The van der Waals surface area contributed by atoms with Crippen molar-refractivity contribution in [1.82, 2.24) is 0 Å². The first-order chi connectivity index (χ1) is 9.04. The molecule has 0 aliphatic carbocycles. The summed E-state index contributed by atoms with van der Waals surface area (Å²) in [4.78, 5) is 13.0. The van der Waals surface area contributed by atoms with Crippen molar-refractivity contribution >= 4 is 27.5 Å². The molecule has 1 saturated heterocycles. The van der Waals surface area contributed by atoms with Crippen LogP contribution in [0.15, 0.2) is 16.6 Å². The summed E-state index contributed by atoms with van der Waals surface area (Å²) in [5.74, 6) is -0.848. The second kappa shape index (κ2) is 5.57. The van der Waals surface area contributed by atoms with E-state index in [2.05, 4.69) is 15.9 Å². The Labute approximate surface area is 119 Å². The molecular weight excluding hydrogens is 313 g/mol. The van der Waals surface area contributed by atoms with Gasteiger partial charge in [-0.05, 0) is 40.9 Å². The molecule has 0 atom stereocenters. The van der Waals surface area contributed by atoms with Gasteiger partial charge in [-0.25, -0.2) is 4.39 Å². The van der Waals surface area contributed by atoms with Gasteiger partial charge in [-0.15, -0.1) is 0 Å². The molecule has 2 rings (SSSR count). The van der Waals surface area contributed by atoms with E-state index in [4.69, 9.17) is 11.0 Å². The zero-order valence-electron chi connectivity index (χ0n) is 10.2. The van der Waals surface area contributed by atoms with E-state index in [9.17, 15) is 9.18 Å². The van der Waals surface area contributed by atoms with Gasteiger partial charge in [-0.2, -0.15) is 5.26 Å². The second-order valence-electron chi connectivity index (χ2n) is 4.54. The van der Waals surface area contributed by atoms with Crippen LogP contribution in [0.3, 0.4) is 0 Å². The molecule has 2 N–H and O–H groups in total. The highest BCUT2D eigenvalue weighted by atomic mass is 79.9. The lowest BCUT2D eigenvalue weighted by atomic mass is 9.96. The fourth-order valence-corrected chi connectivity index (χ4v) is 2.70. The topological polar surface area (TPSA) is 70.1 Å². The van der Waals surface area contributed by atoms with Gasteiger partial charge in [0.2, 0.25) is 5.91 Å². The molecule has 0 bridgehead atoms. The molecule has 1 aliphatic heterocycles. The molecule has 1 amide bonds. The number of hydrogen-bond acceptors (Lipinski definition) is 3. The van der Waals surface area contributed by atoms with Gasteiger partial charge < -0.3 is 10.6 Å². The zero-order chi connectivity index (χ0) is 14.0. The van der Waals surface area contributed by atoms with Crippen LogP contribution in [0.5, 0.6) is 0 Å². The molecule has 1 aliphatic rings. The molecule has 0 spiro atoms. The highest BCUT2D eigenvalue weighted by molar-refractivity contribution is 9.10. The Morgan fingerprint density at radius 1 is 1.47 bits per heavy atom. The minimum atomic E-state index is -0.434. The van der Waals surface area contributed by atoms with Gasteiger partial charge in [0.15, 0.2) is 5.82 Å². The van der Waals surface area contributed by atoms with E-state index in [-0.39, 0.29) is 21.9 Å². The first-order valence-corrected chi connectivity index (χ1v) is 6.76. The van der Waals surface area contributed by atoms with Gasteiger partial charge >= 0.3 is 0 Å². The molecule has 100 valence electrons. The number of primary amides is 1. The molecule has 0 unspecified atom stereocenters. The van der Waals surface area contributed by atoms with E-state index < -0.39 is 5.82 Å². The van der Waals surface area contributed by atoms with Crippen molar-refractivity contribution < 1.29 is 9.18 Å². The molecule has 6 heteroatoms. The molecule has 1 heterocycles. The van der Waals surface area contributed by atoms with Gasteiger partial charge in [0.1, 0.15) is 6.07 Å². The highest BCUT2D eigenvalue weighted by Gasteiger charge is 2.25. The smallest absolute Gasteiger partial charge is 0.220 e. The number of nitrogens with two attached hydrogens (primary N) is 1. The summed E-state index contributed by atoms with van der Waals surface area (Å²) in [6.07, 6.45) is 1.26. The van der Waals surface area contributed by atoms with Crippen LogP contribution in [0, 0.1) is 23.1 Å². The Morgan fingerprint density at radius 2 is 2.11 bits per heavy atom. The van der Waals surface area contributed by atoms with E-state index in [1.54, 1.807) is 12.1 Å². The maximum Gasteiger partial charge on any atom is 0.220 e. The maximum atomic E-state index is 14.2.